The average Bonchev–Trinajstić information content (AvgIpc) is 3.11. The van der Waals surface area contributed by atoms with Crippen LogP contribution in [0.3, 0.4) is 0 Å². The predicted octanol–water partition coefficient (Wildman–Crippen LogP) is 4.58. The van der Waals surface area contributed by atoms with E-state index in [0.29, 0.717) is 5.02 Å². The molecule has 102 valence electrons. The van der Waals surface area contributed by atoms with Crippen molar-refractivity contribution in [2.75, 3.05) is 13.1 Å². The normalized spacial score (nSPS) is 18.1. The molecule has 2 aliphatic heterocycles. The first kappa shape index (κ1) is 12.4. The van der Waals surface area contributed by atoms with Gasteiger partial charge in [-0.2, -0.15) is 0 Å². The van der Waals surface area contributed by atoms with Gasteiger partial charge in [0.15, 0.2) is 5.17 Å². The number of allylic oxidation sites excluding steroid dienone is 1. The second-order valence-electron chi connectivity index (χ2n) is 4.83. The van der Waals surface area contributed by atoms with Crippen LogP contribution in [0.1, 0.15) is 18.9 Å². The molecular weight excluding hydrogens is 292 g/mol. The number of furan rings is 1. The molecule has 0 radical (unpaired) electrons. The minimum atomic E-state index is 0.708. The summed E-state index contributed by atoms with van der Waals surface area (Å²) in [6, 6.07) is 5.91. The third kappa shape index (κ3) is 1.71. The molecule has 2 aromatic rings. The molecule has 3 nitrogen and oxygen atoms in total. The van der Waals surface area contributed by atoms with Crippen molar-refractivity contribution in [3.8, 4) is 0 Å². The Bertz CT molecular complexity index is 762. The summed E-state index contributed by atoms with van der Waals surface area (Å²) in [4.78, 5) is 8.23. The van der Waals surface area contributed by atoms with Crippen LogP contribution in [0, 0.1) is 0 Å². The lowest BCUT2D eigenvalue weighted by atomic mass is 10.1. The maximum atomic E-state index is 6.25. The summed E-state index contributed by atoms with van der Waals surface area (Å²) in [7, 11) is 0. The Morgan fingerprint density at radius 2 is 2.35 bits per heavy atom. The Kier molecular flexibility index (Phi) is 2.82. The fourth-order valence-electron chi connectivity index (χ4n) is 2.80. The Morgan fingerprint density at radius 1 is 1.45 bits per heavy atom. The zero-order chi connectivity index (χ0) is 13.7. The molecule has 20 heavy (non-hydrogen) atoms. The molecule has 0 aliphatic carbocycles. The fraction of sp³-hybridized carbons (Fsp3) is 0.267. The molecule has 0 fully saturated rings. The minimum Gasteiger partial charge on any atom is -0.464 e. The zero-order valence-electron chi connectivity index (χ0n) is 11.0. The lowest BCUT2D eigenvalue weighted by Gasteiger charge is -2.18. The number of benzene rings is 1. The van der Waals surface area contributed by atoms with Gasteiger partial charge in [0, 0.05) is 33.5 Å². The van der Waals surface area contributed by atoms with Crippen LogP contribution in [0.15, 0.2) is 38.8 Å². The molecule has 0 bridgehead atoms. The number of thioether (sulfide) groups is 1. The second-order valence-corrected chi connectivity index (χ2v) is 6.33. The summed E-state index contributed by atoms with van der Waals surface area (Å²) in [5.74, 6) is 0. The molecule has 0 N–H and O–H groups in total. The van der Waals surface area contributed by atoms with Gasteiger partial charge in [-0.15, -0.1) is 0 Å². The van der Waals surface area contributed by atoms with Crippen molar-refractivity contribution < 1.29 is 4.42 Å². The quantitative estimate of drug-likeness (QED) is 0.813. The standard InChI is InChI=1S/C15H13ClN2OS/c1-2-13-14(18-5-4-17-15(18)20-13)11-7-9(16)8-12-10(11)3-6-19-12/h3,6-8H,2,4-5H2,1H3. The molecule has 0 atom stereocenters. The van der Waals surface area contributed by atoms with E-state index >= 15 is 0 Å². The first-order valence-electron chi connectivity index (χ1n) is 6.68. The third-order valence-electron chi connectivity index (χ3n) is 3.66. The molecule has 1 aromatic carbocycles. The van der Waals surface area contributed by atoms with Crippen LogP contribution in [0.25, 0.3) is 16.7 Å². The molecule has 3 heterocycles. The summed E-state index contributed by atoms with van der Waals surface area (Å²) in [5, 5.41) is 2.94. The van der Waals surface area contributed by atoms with E-state index in [1.54, 1.807) is 18.0 Å². The Hall–Kier alpha value is -1.39. The Morgan fingerprint density at radius 3 is 3.20 bits per heavy atom. The summed E-state index contributed by atoms with van der Waals surface area (Å²) in [5.41, 5.74) is 3.24. The van der Waals surface area contributed by atoms with Crippen LogP contribution in [-0.4, -0.2) is 23.2 Å². The number of halogens is 1. The van der Waals surface area contributed by atoms with E-state index < -0.39 is 0 Å². The largest absolute Gasteiger partial charge is 0.464 e. The van der Waals surface area contributed by atoms with Crippen LogP contribution in [0.5, 0.6) is 0 Å². The predicted molar refractivity (Wildman–Crippen MR) is 85.0 cm³/mol. The summed E-state index contributed by atoms with van der Waals surface area (Å²) < 4.78 is 5.52. The van der Waals surface area contributed by atoms with E-state index in [4.69, 9.17) is 16.0 Å². The topological polar surface area (TPSA) is 28.7 Å². The van der Waals surface area contributed by atoms with E-state index in [1.165, 1.54) is 10.6 Å². The number of hydrogen-bond acceptors (Lipinski definition) is 4. The van der Waals surface area contributed by atoms with Gasteiger partial charge in [-0.25, -0.2) is 0 Å². The van der Waals surface area contributed by atoms with Crippen molar-refractivity contribution in [2.24, 2.45) is 4.99 Å². The van der Waals surface area contributed by atoms with Gasteiger partial charge < -0.3 is 9.32 Å². The molecule has 0 spiro atoms. The molecular formula is C15H13ClN2OS. The van der Waals surface area contributed by atoms with Crippen LogP contribution >= 0.6 is 23.4 Å². The minimum absolute atomic E-state index is 0.708. The van der Waals surface area contributed by atoms with Crippen molar-refractivity contribution in [1.29, 1.82) is 0 Å². The van der Waals surface area contributed by atoms with Crippen molar-refractivity contribution >= 4 is 45.2 Å². The van der Waals surface area contributed by atoms with E-state index in [2.05, 4.69) is 16.8 Å². The van der Waals surface area contributed by atoms with Crippen LogP contribution in [-0.2, 0) is 0 Å². The molecule has 0 saturated carbocycles. The van der Waals surface area contributed by atoms with Crippen molar-refractivity contribution in [3.05, 3.63) is 40.0 Å². The number of fused-ring (bicyclic) bond motifs is 2. The highest BCUT2D eigenvalue weighted by atomic mass is 35.5. The maximum Gasteiger partial charge on any atom is 0.168 e. The van der Waals surface area contributed by atoms with E-state index in [-0.39, 0.29) is 0 Å². The third-order valence-corrected chi connectivity index (χ3v) is 5.14. The van der Waals surface area contributed by atoms with Gasteiger partial charge in [-0.3, -0.25) is 4.99 Å². The number of aliphatic imine (C=N–C) groups is 1. The second kappa shape index (κ2) is 4.57. The van der Waals surface area contributed by atoms with Crippen LogP contribution in [0.2, 0.25) is 5.02 Å². The van der Waals surface area contributed by atoms with Crippen molar-refractivity contribution in [3.63, 3.8) is 0 Å². The van der Waals surface area contributed by atoms with Gasteiger partial charge >= 0.3 is 0 Å². The fourth-order valence-corrected chi connectivity index (χ4v) is 4.14. The van der Waals surface area contributed by atoms with Crippen molar-refractivity contribution in [2.45, 2.75) is 13.3 Å². The maximum absolute atomic E-state index is 6.25. The molecule has 0 amide bonds. The van der Waals surface area contributed by atoms with Crippen molar-refractivity contribution in [1.82, 2.24) is 4.90 Å². The molecule has 0 unspecified atom stereocenters. The van der Waals surface area contributed by atoms with Gasteiger partial charge in [0.1, 0.15) is 5.58 Å². The number of rotatable bonds is 2. The van der Waals surface area contributed by atoms with E-state index in [9.17, 15) is 0 Å². The van der Waals surface area contributed by atoms with E-state index in [0.717, 1.165) is 41.2 Å². The molecule has 2 aliphatic rings. The van der Waals surface area contributed by atoms with Gasteiger partial charge in [0.05, 0.1) is 18.5 Å². The molecule has 4 rings (SSSR count). The Balaban J connectivity index is 1.97. The van der Waals surface area contributed by atoms with E-state index in [1.807, 2.05) is 18.2 Å². The van der Waals surface area contributed by atoms with Crippen LogP contribution < -0.4 is 0 Å². The monoisotopic (exact) mass is 304 g/mol. The smallest absolute Gasteiger partial charge is 0.168 e. The van der Waals surface area contributed by atoms with Gasteiger partial charge in [-0.1, -0.05) is 30.3 Å². The molecule has 5 heteroatoms. The van der Waals surface area contributed by atoms with Gasteiger partial charge in [-0.05, 0) is 18.6 Å². The lowest BCUT2D eigenvalue weighted by molar-refractivity contribution is 0.615. The summed E-state index contributed by atoms with van der Waals surface area (Å²) in [6.07, 6.45) is 2.72. The number of nitrogens with zero attached hydrogens (tertiary/aromatic N) is 2. The molecule has 0 saturated heterocycles. The number of amidine groups is 1. The average molecular weight is 305 g/mol. The lowest BCUT2D eigenvalue weighted by Crippen LogP contribution is -2.20. The first-order valence-corrected chi connectivity index (χ1v) is 7.87. The first-order chi connectivity index (χ1) is 9.78. The molecule has 1 aromatic heterocycles. The van der Waals surface area contributed by atoms with Gasteiger partial charge in [0.2, 0.25) is 0 Å². The number of hydrogen-bond donors (Lipinski definition) is 0. The van der Waals surface area contributed by atoms with Crippen LogP contribution in [0.4, 0.5) is 0 Å². The SMILES string of the molecule is CCC1=C(c2cc(Cl)cc3occc23)N2CCN=C2S1. The summed E-state index contributed by atoms with van der Waals surface area (Å²) >= 11 is 8.04. The highest BCUT2D eigenvalue weighted by Crippen LogP contribution is 2.45. The highest BCUT2D eigenvalue weighted by molar-refractivity contribution is 8.17. The summed E-state index contributed by atoms with van der Waals surface area (Å²) in [6.45, 7) is 4.01. The zero-order valence-corrected chi connectivity index (χ0v) is 12.6. The van der Waals surface area contributed by atoms with Gasteiger partial charge in [0.25, 0.3) is 0 Å². The Labute approximate surface area is 126 Å². The highest BCUT2D eigenvalue weighted by Gasteiger charge is 2.33.